The lowest BCUT2D eigenvalue weighted by Crippen LogP contribution is -2.36. The average Bonchev–Trinajstić information content (AvgIpc) is 3.14. The number of fused-ring (bicyclic) bond motifs is 2. The zero-order valence-electron chi connectivity index (χ0n) is 17.5. The number of amides is 2. The molecular formula is C22H27N5O3. The van der Waals surface area contributed by atoms with Crippen molar-refractivity contribution >= 4 is 11.7 Å². The molecule has 4 rings (SSSR count). The number of benzene rings is 1. The normalized spacial score (nSPS) is 18.8. The molecule has 0 aliphatic heterocycles. The van der Waals surface area contributed by atoms with Gasteiger partial charge in [-0.15, -0.1) is 10.2 Å². The molecule has 2 atom stereocenters. The number of primary amides is 1. The largest absolute Gasteiger partial charge is 0.484 e. The lowest BCUT2D eigenvalue weighted by atomic mass is 9.85. The fourth-order valence-electron chi connectivity index (χ4n) is 4.19. The summed E-state index contributed by atoms with van der Waals surface area (Å²) in [6, 6.07) is 11.2. The van der Waals surface area contributed by atoms with Gasteiger partial charge in [0.25, 0.3) is 0 Å². The van der Waals surface area contributed by atoms with Gasteiger partial charge >= 0.3 is 6.03 Å². The van der Waals surface area contributed by atoms with Gasteiger partial charge in [0.1, 0.15) is 17.7 Å². The maximum atomic E-state index is 11.4. The predicted molar refractivity (Wildman–Crippen MR) is 112 cm³/mol. The Labute approximate surface area is 175 Å². The fraction of sp³-hybridized carbons (Fsp3) is 0.409. The van der Waals surface area contributed by atoms with Crippen LogP contribution < -0.4 is 15.8 Å². The standard InChI is InChI=1S/C22H27N5O3/c1-22(2,13-29-3)20-26-25-19-11-8-14(12-27(19)20)30-18-10-9-17(24-21(23)28)15-6-4-5-7-16(15)18/h4-8,11-12,17-18H,9-10,13H2,1-3H3,(H3,23,24,28)/t17-,18+/m0/s1. The third kappa shape index (κ3) is 3.82. The SMILES string of the molecule is COCC(C)(C)c1nnc2ccc(O[C@@H]3CC[C@H](NC(N)=O)c4ccccc43)cn12. The fourth-order valence-corrected chi connectivity index (χ4v) is 4.19. The van der Waals surface area contributed by atoms with Crippen LogP contribution in [0.15, 0.2) is 42.6 Å². The number of carbonyl (C=O) groups excluding carboxylic acids is 1. The van der Waals surface area contributed by atoms with Gasteiger partial charge in [0.2, 0.25) is 0 Å². The number of nitrogens with one attached hydrogen (secondary N) is 1. The van der Waals surface area contributed by atoms with Crippen molar-refractivity contribution < 1.29 is 14.3 Å². The zero-order valence-corrected chi connectivity index (χ0v) is 17.5. The summed E-state index contributed by atoms with van der Waals surface area (Å²) in [5, 5.41) is 11.5. The van der Waals surface area contributed by atoms with E-state index in [1.165, 1.54) is 0 Å². The van der Waals surface area contributed by atoms with E-state index in [1.807, 2.05) is 47.0 Å². The van der Waals surface area contributed by atoms with E-state index < -0.39 is 6.03 Å². The van der Waals surface area contributed by atoms with Crippen LogP contribution in [0.4, 0.5) is 4.79 Å². The second kappa shape index (κ2) is 7.95. The van der Waals surface area contributed by atoms with Crippen molar-refractivity contribution in [1.29, 1.82) is 0 Å². The van der Waals surface area contributed by atoms with Crippen LogP contribution in [-0.4, -0.2) is 34.3 Å². The first kappa shape index (κ1) is 20.2. The molecule has 0 saturated carbocycles. The average molecular weight is 409 g/mol. The highest BCUT2D eigenvalue weighted by Crippen LogP contribution is 2.38. The van der Waals surface area contributed by atoms with Crippen molar-refractivity contribution in [1.82, 2.24) is 19.9 Å². The number of ether oxygens (including phenoxy) is 2. The summed E-state index contributed by atoms with van der Waals surface area (Å²) in [6.07, 6.45) is 3.34. The molecule has 0 bridgehead atoms. The number of urea groups is 1. The van der Waals surface area contributed by atoms with E-state index in [-0.39, 0.29) is 17.6 Å². The van der Waals surface area contributed by atoms with Gasteiger partial charge in [-0.05, 0) is 36.1 Å². The first-order valence-corrected chi connectivity index (χ1v) is 10.0. The molecule has 8 nitrogen and oxygen atoms in total. The number of hydrogen-bond acceptors (Lipinski definition) is 5. The molecule has 3 aromatic rings. The number of rotatable bonds is 6. The van der Waals surface area contributed by atoms with E-state index in [2.05, 4.69) is 29.4 Å². The van der Waals surface area contributed by atoms with Crippen molar-refractivity contribution in [2.75, 3.05) is 13.7 Å². The highest BCUT2D eigenvalue weighted by atomic mass is 16.5. The summed E-state index contributed by atoms with van der Waals surface area (Å²) < 4.78 is 13.7. The second-order valence-corrected chi connectivity index (χ2v) is 8.31. The topological polar surface area (TPSA) is 104 Å². The van der Waals surface area contributed by atoms with Crippen LogP contribution in [0.5, 0.6) is 5.75 Å². The van der Waals surface area contributed by atoms with Gasteiger partial charge in [-0.1, -0.05) is 38.1 Å². The van der Waals surface area contributed by atoms with Gasteiger partial charge in [-0.25, -0.2) is 4.79 Å². The Morgan fingerprint density at radius 1 is 1.20 bits per heavy atom. The summed E-state index contributed by atoms with van der Waals surface area (Å²) in [5.74, 6) is 1.55. The predicted octanol–water partition coefficient (Wildman–Crippen LogP) is 3.28. The van der Waals surface area contributed by atoms with Gasteiger partial charge in [-0.3, -0.25) is 4.40 Å². The second-order valence-electron chi connectivity index (χ2n) is 8.31. The molecule has 1 aromatic carbocycles. The van der Waals surface area contributed by atoms with Crippen molar-refractivity contribution in [3.05, 3.63) is 59.5 Å². The van der Waals surface area contributed by atoms with Crippen LogP contribution in [-0.2, 0) is 10.2 Å². The molecule has 0 unspecified atom stereocenters. The molecule has 2 aromatic heterocycles. The molecule has 2 heterocycles. The Hall–Kier alpha value is -3.13. The minimum absolute atomic E-state index is 0.0969. The summed E-state index contributed by atoms with van der Waals surface area (Å²) in [4.78, 5) is 11.4. The third-order valence-electron chi connectivity index (χ3n) is 5.52. The molecule has 158 valence electrons. The lowest BCUT2D eigenvalue weighted by molar-refractivity contribution is 0.141. The van der Waals surface area contributed by atoms with Gasteiger partial charge in [-0.2, -0.15) is 0 Å². The van der Waals surface area contributed by atoms with Crippen LogP contribution in [0.1, 0.15) is 55.8 Å². The molecule has 2 amide bonds. The Bertz CT molecular complexity index is 1060. The highest BCUT2D eigenvalue weighted by molar-refractivity contribution is 5.72. The molecule has 0 fully saturated rings. The monoisotopic (exact) mass is 409 g/mol. The van der Waals surface area contributed by atoms with Crippen LogP contribution in [0.25, 0.3) is 5.65 Å². The van der Waals surface area contributed by atoms with Crippen molar-refractivity contribution in [3.8, 4) is 5.75 Å². The summed E-state index contributed by atoms with van der Waals surface area (Å²) in [7, 11) is 1.68. The van der Waals surface area contributed by atoms with Crippen molar-refractivity contribution in [3.63, 3.8) is 0 Å². The third-order valence-corrected chi connectivity index (χ3v) is 5.52. The molecule has 1 aliphatic rings. The lowest BCUT2D eigenvalue weighted by Gasteiger charge is -2.32. The maximum absolute atomic E-state index is 11.4. The van der Waals surface area contributed by atoms with Crippen molar-refractivity contribution in [2.24, 2.45) is 5.73 Å². The van der Waals surface area contributed by atoms with Crippen LogP contribution in [0, 0.1) is 0 Å². The summed E-state index contributed by atoms with van der Waals surface area (Å²) in [6.45, 7) is 4.68. The molecule has 30 heavy (non-hydrogen) atoms. The Morgan fingerprint density at radius 3 is 2.70 bits per heavy atom. The van der Waals surface area contributed by atoms with Crippen LogP contribution in [0.2, 0.25) is 0 Å². The summed E-state index contributed by atoms with van der Waals surface area (Å²) in [5.41, 5.74) is 7.92. The summed E-state index contributed by atoms with van der Waals surface area (Å²) >= 11 is 0. The Kier molecular flexibility index (Phi) is 5.34. The number of hydrogen-bond donors (Lipinski definition) is 2. The first-order valence-electron chi connectivity index (χ1n) is 10.0. The van der Waals surface area contributed by atoms with E-state index in [1.54, 1.807) is 7.11 Å². The Morgan fingerprint density at radius 2 is 1.97 bits per heavy atom. The minimum Gasteiger partial charge on any atom is -0.484 e. The highest BCUT2D eigenvalue weighted by Gasteiger charge is 2.30. The molecular weight excluding hydrogens is 382 g/mol. The number of methoxy groups -OCH3 is 1. The van der Waals surface area contributed by atoms with E-state index in [4.69, 9.17) is 15.2 Å². The van der Waals surface area contributed by atoms with E-state index >= 15 is 0 Å². The first-order chi connectivity index (χ1) is 14.4. The van der Waals surface area contributed by atoms with Crippen LogP contribution >= 0.6 is 0 Å². The van der Waals surface area contributed by atoms with E-state index in [0.717, 1.165) is 41.2 Å². The number of nitrogens with two attached hydrogens (primary N) is 1. The van der Waals surface area contributed by atoms with E-state index in [0.29, 0.717) is 6.61 Å². The molecule has 8 heteroatoms. The van der Waals surface area contributed by atoms with Crippen molar-refractivity contribution in [2.45, 2.75) is 44.2 Å². The molecule has 0 spiro atoms. The van der Waals surface area contributed by atoms with Crippen LogP contribution in [0.3, 0.4) is 0 Å². The molecule has 1 aliphatic carbocycles. The number of nitrogens with zero attached hydrogens (tertiary/aromatic N) is 3. The van der Waals surface area contributed by atoms with Gasteiger partial charge in [0.05, 0.1) is 18.8 Å². The molecule has 0 radical (unpaired) electrons. The number of pyridine rings is 1. The smallest absolute Gasteiger partial charge is 0.312 e. The number of carbonyl (C=O) groups is 1. The number of aromatic nitrogens is 3. The van der Waals surface area contributed by atoms with Gasteiger partial charge in [0.15, 0.2) is 5.65 Å². The van der Waals surface area contributed by atoms with E-state index in [9.17, 15) is 4.79 Å². The molecule has 3 N–H and O–H groups in total. The minimum atomic E-state index is -0.515. The van der Waals surface area contributed by atoms with Gasteiger partial charge in [0, 0.05) is 12.5 Å². The maximum Gasteiger partial charge on any atom is 0.312 e. The zero-order chi connectivity index (χ0) is 21.3. The van der Waals surface area contributed by atoms with Gasteiger partial charge < -0.3 is 20.5 Å². The molecule has 0 saturated heterocycles. The quantitative estimate of drug-likeness (QED) is 0.650. The Balaban J connectivity index is 1.63.